The number of rotatable bonds is 5. The molecule has 0 saturated carbocycles. The summed E-state index contributed by atoms with van der Waals surface area (Å²) in [5.41, 5.74) is 2.15. The molecule has 1 amide bonds. The quantitative estimate of drug-likeness (QED) is 0.823. The van der Waals surface area contributed by atoms with Gasteiger partial charge in [0, 0.05) is 26.2 Å². The highest BCUT2D eigenvalue weighted by Gasteiger charge is 2.28. The smallest absolute Gasteiger partial charge is 0.227 e. The average Bonchev–Trinajstić information content (AvgIpc) is 2.49. The number of amides is 1. The molecule has 122 valence electrons. The maximum Gasteiger partial charge on any atom is 0.227 e. The van der Waals surface area contributed by atoms with E-state index in [1.54, 1.807) is 4.90 Å². The number of hydrogen-bond donors (Lipinski definition) is 0. The molecule has 22 heavy (non-hydrogen) atoms. The second-order valence-electron chi connectivity index (χ2n) is 5.70. The molecule has 1 fully saturated rings. The fourth-order valence-electron chi connectivity index (χ4n) is 2.69. The second-order valence-corrected chi connectivity index (χ2v) is 7.79. The van der Waals surface area contributed by atoms with Gasteiger partial charge in [0.05, 0.1) is 12.2 Å². The van der Waals surface area contributed by atoms with Crippen molar-refractivity contribution in [1.82, 2.24) is 9.21 Å². The molecule has 0 radical (unpaired) electrons. The third-order valence-corrected chi connectivity index (χ3v) is 6.13. The lowest BCUT2D eigenvalue weighted by molar-refractivity contribution is -0.131. The summed E-state index contributed by atoms with van der Waals surface area (Å²) in [5.74, 6) is 0.256. The SMILES string of the molecule is CCCS(=O)(=O)N1CCN(C(=O)Cc2ccccc2C)CC1. The lowest BCUT2D eigenvalue weighted by Gasteiger charge is -2.34. The zero-order valence-electron chi connectivity index (χ0n) is 13.3. The number of carbonyl (C=O) groups is 1. The van der Waals surface area contributed by atoms with Crippen LogP contribution in [-0.2, 0) is 21.2 Å². The first-order chi connectivity index (χ1) is 10.4. The molecular formula is C16H24N2O3S. The van der Waals surface area contributed by atoms with Gasteiger partial charge in [-0.2, -0.15) is 4.31 Å². The number of nitrogens with zero attached hydrogens (tertiary/aromatic N) is 2. The van der Waals surface area contributed by atoms with Crippen molar-refractivity contribution in [1.29, 1.82) is 0 Å². The van der Waals surface area contributed by atoms with Crippen molar-refractivity contribution in [3.8, 4) is 0 Å². The molecule has 2 rings (SSSR count). The number of sulfonamides is 1. The highest BCUT2D eigenvalue weighted by atomic mass is 32.2. The van der Waals surface area contributed by atoms with E-state index in [0.717, 1.165) is 11.1 Å². The van der Waals surface area contributed by atoms with Gasteiger partial charge in [0.1, 0.15) is 0 Å². The van der Waals surface area contributed by atoms with Gasteiger partial charge in [0.25, 0.3) is 0 Å². The van der Waals surface area contributed by atoms with Crippen LogP contribution in [0.15, 0.2) is 24.3 Å². The lowest BCUT2D eigenvalue weighted by atomic mass is 10.1. The predicted molar refractivity (Wildman–Crippen MR) is 87.1 cm³/mol. The predicted octanol–water partition coefficient (Wildman–Crippen LogP) is 1.42. The molecule has 1 heterocycles. The van der Waals surface area contributed by atoms with Crippen molar-refractivity contribution in [3.63, 3.8) is 0 Å². The maximum absolute atomic E-state index is 12.4. The minimum absolute atomic E-state index is 0.0711. The molecular weight excluding hydrogens is 300 g/mol. The van der Waals surface area contributed by atoms with Crippen molar-refractivity contribution in [2.75, 3.05) is 31.9 Å². The van der Waals surface area contributed by atoms with E-state index < -0.39 is 10.0 Å². The monoisotopic (exact) mass is 324 g/mol. The van der Waals surface area contributed by atoms with Gasteiger partial charge in [-0.3, -0.25) is 4.79 Å². The summed E-state index contributed by atoms with van der Waals surface area (Å²) in [5, 5.41) is 0. The van der Waals surface area contributed by atoms with E-state index in [4.69, 9.17) is 0 Å². The van der Waals surface area contributed by atoms with Crippen molar-refractivity contribution >= 4 is 15.9 Å². The molecule has 5 nitrogen and oxygen atoms in total. The van der Waals surface area contributed by atoms with Crippen LogP contribution in [0.4, 0.5) is 0 Å². The van der Waals surface area contributed by atoms with E-state index >= 15 is 0 Å². The molecule has 0 N–H and O–H groups in total. The highest BCUT2D eigenvalue weighted by molar-refractivity contribution is 7.89. The molecule has 0 unspecified atom stereocenters. The molecule has 0 aliphatic carbocycles. The first kappa shape index (κ1) is 17.0. The van der Waals surface area contributed by atoms with Gasteiger partial charge >= 0.3 is 0 Å². The topological polar surface area (TPSA) is 57.7 Å². The number of hydrogen-bond acceptors (Lipinski definition) is 3. The van der Waals surface area contributed by atoms with Crippen LogP contribution in [0.3, 0.4) is 0 Å². The van der Waals surface area contributed by atoms with Crippen LogP contribution in [-0.4, -0.2) is 55.5 Å². The Bertz CT molecular complexity index is 620. The third-order valence-electron chi connectivity index (χ3n) is 4.05. The summed E-state index contributed by atoms with van der Waals surface area (Å²) in [6, 6.07) is 7.86. The molecule has 0 bridgehead atoms. The Morgan fingerprint density at radius 2 is 1.77 bits per heavy atom. The van der Waals surface area contributed by atoms with Gasteiger partial charge in [0.15, 0.2) is 0 Å². The van der Waals surface area contributed by atoms with E-state index in [1.807, 2.05) is 38.1 Å². The second kappa shape index (κ2) is 7.24. The summed E-state index contributed by atoms with van der Waals surface area (Å²) in [6.07, 6.45) is 1.00. The van der Waals surface area contributed by atoms with Crippen molar-refractivity contribution in [3.05, 3.63) is 35.4 Å². The molecule has 1 aromatic carbocycles. The Labute approximate surface area is 133 Å². The Kier molecular flexibility index (Phi) is 5.58. The molecule has 1 saturated heterocycles. The zero-order valence-corrected chi connectivity index (χ0v) is 14.1. The van der Waals surface area contributed by atoms with Crippen LogP contribution in [0.2, 0.25) is 0 Å². The summed E-state index contributed by atoms with van der Waals surface area (Å²) in [7, 11) is -3.15. The normalized spacial score (nSPS) is 16.7. The van der Waals surface area contributed by atoms with Gasteiger partial charge in [0.2, 0.25) is 15.9 Å². The van der Waals surface area contributed by atoms with E-state index in [0.29, 0.717) is 39.0 Å². The Balaban J connectivity index is 1.92. The van der Waals surface area contributed by atoms with Crippen molar-refractivity contribution < 1.29 is 13.2 Å². The molecule has 6 heteroatoms. The summed E-state index contributed by atoms with van der Waals surface area (Å²) >= 11 is 0. The van der Waals surface area contributed by atoms with Gasteiger partial charge in [-0.15, -0.1) is 0 Å². The third kappa shape index (κ3) is 4.08. The maximum atomic E-state index is 12.4. The summed E-state index contributed by atoms with van der Waals surface area (Å²) in [4.78, 5) is 14.1. The standard InChI is InChI=1S/C16H24N2O3S/c1-3-12-22(20,21)18-10-8-17(9-11-18)16(19)13-15-7-5-4-6-14(15)2/h4-7H,3,8-13H2,1-2H3. The van der Waals surface area contributed by atoms with Gasteiger partial charge in [-0.05, 0) is 24.5 Å². The van der Waals surface area contributed by atoms with Crippen LogP contribution in [0.25, 0.3) is 0 Å². The van der Waals surface area contributed by atoms with Gasteiger partial charge in [-0.1, -0.05) is 31.2 Å². The van der Waals surface area contributed by atoms with Crippen LogP contribution in [0.1, 0.15) is 24.5 Å². The fraction of sp³-hybridized carbons (Fsp3) is 0.562. The number of piperazine rings is 1. The molecule has 0 atom stereocenters. The number of aryl methyl sites for hydroxylation is 1. The number of carbonyl (C=O) groups excluding carboxylic acids is 1. The minimum atomic E-state index is -3.15. The molecule has 0 aromatic heterocycles. The van der Waals surface area contributed by atoms with Crippen LogP contribution < -0.4 is 0 Å². The summed E-state index contributed by atoms with van der Waals surface area (Å²) < 4.78 is 25.5. The van der Waals surface area contributed by atoms with Gasteiger partial charge < -0.3 is 4.90 Å². The largest absolute Gasteiger partial charge is 0.340 e. The van der Waals surface area contributed by atoms with Crippen molar-refractivity contribution in [2.45, 2.75) is 26.7 Å². The van der Waals surface area contributed by atoms with E-state index in [-0.39, 0.29) is 11.7 Å². The fourth-order valence-corrected chi connectivity index (χ4v) is 4.18. The van der Waals surface area contributed by atoms with Crippen molar-refractivity contribution in [2.24, 2.45) is 0 Å². The van der Waals surface area contributed by atoms with E-state index in [2.05, 4.69) is 0 Å². The van der Waals surface area contributed by atoms with E-state index in [1.165, 1.54) is 4.31 Å². The first-order valence-electron chi connectivity index (χ1n) is 7.74. The van der Waals surface area contributed by atoms with Crippen LogP contribution >= 0.6 is 0 Å². The minimum Gasteiger partial charge on any atom is -0.340 e. The Morgan fingerprint density at radius 3 is 2.36 bits per heavy atom. The lowest BCUT2D eigenvalue weighted by Crippen LogP contribution is -2.51. The molecule has 0 spiro atoms. The zero-order chi connectivity index (χ0) is 16.2. The molecule has 1 aliphatic rings. The Morgan fingerprint density at radius 1 is 1.14 bits per heavy atom. The first-order valence-corrected chi connectivity index (χ1v) is 9.35. The number of benzene rings is 1. The van der Waals surface area contributed by atoms with Gasteiger partial charge in [-0.25, -0.2) is 8.42 Å². The molecule has 1 aromatic rings. The van der Waals surface area contributed by atoms with E-state index in [9.17, 15) is 13.2 Å². The summed E-state index contributed by atoms with van der Waals surface area (Å²) in [6.45, 7) is 5.63. The molecule has 1 aliphatic heterocycles. The average molecular weight is 324 g/mol. The van der Waals surface area contributed by atoms with Crippen LogP contribution in [0, 0.1) is 6.92 Å². The highest BCUT2D eigenvalue weighted by Crippen LogP contribution is 2.13. The Hall–Kier alpha value is -1.40. The van der Waals surface area contributed by atoms with Crippen LogP contribution in [0.5, 0.6) is 0 Å².